The zero-order valence-corrected chi connectivity index (χ0v) is 11.4. The van der Waals surface area contributed by atoms with Crippen molar-refractivity contribution in [1.82, 2.24) is 15.1 Å². The third-order valence-electron chi connectivity index (χ3n) is 3.97. The van der Waals surface area contributed by atoms with Gasteiger partial charge in [-0.05, 0) is 12.1 Å². The van der Waals surface area contributed by atoms with Crippen molar-refractivity contribution in [3.05, 3.63) is 24.2 Å². The molecule has 1 N–H and O–H groups in total. The Kier molecular flexibility index (Phi) is 3.73. The van der Waals surface area contributed by atoms with Gasteiger partial charge in [0.05, 0.1) is 18.7 Å². The van der Waals surface area contributed by atoms with Crippen LogP contribution in [0.3, 0.4) is 0 Å². The summed E-state index contributed by atoms with van der Waals surface area (Å²) >= 11 is 0. The van der Waals surface area contributed by atoms with E-state index in [9.17, 15) is 9.59 Å². The molecule has 1 aromatic heterocycles. The van der Waals surface area contributed by atoms with Crippen LogP contribution in [0.2, 0.25) is 0 Å². The largest absolute Gasteiger partial charge is 0.468 e. The normalized spacial score (nSPS) is 23.9. The fourth-order valence-corrected chi connectivity index (χ4v) is 2.79. The van der Waals surface area contributed by atoms with Crippen LogP contribution in [-0.4, -0.2) is 54.3 Å². The molecule has 3 heterocycles. The number of carbonyl (C=O) groups is 2. The van der Waals surface area contributed by atoms with E-state index in [1.165, 1.54) is 0 Å². The van der Waals surface area contributed by atoms with Gasteiger partial charge in [0.1, 0.15) is 5.76 Å². The number of carbonyl (C=O) groups excluding carboxylic acids is 2. The van der Waals surface area contributed by atoms with Gasteiger partial charge in [0.25, 0.3) is 0 Å². The lowest BCUT2D eigenvalue weighted by atomic mass is 10.1. The maximum atomic E-state index is 12.3. The van der Waals surface area contributed by atoms with Crippen molar-refractivity contribution < 1.29 is 14.0 Å². The lowest BCUT2D eigenvalue weighted by Crippen LogP contribution is -2.50. The molecule has 0 aromatic carbocycles. The van der Waals surface area contributed by atoms with E-state index >= 15 is 0 Å². The molecule has 20 heavy (non-hydrogen) atoms. The van der Waals surface area contributed by atoms with E-state index < -0.39 is 0 Å². The quantitative estimate of drug-likeness (QED) is 0.848. The molecule has 0 aliphatic carbocycles. The van der Waals surface area contributed by atoms with Crippen molar-refractivity contribution in [3.63, 3.8) is 0 Å². The highest BCUT2D eigenvalue weighted by molar-refractivity contribution is 5.89. The second-order valence-corrected chi connectivity index (χ2v) is 5.39. The lowest BCUT2D eigenvalue weighted by Gasteiger charge is -2.35. The number of hydrogen-bond donors (Lipinski definition) is 1. The predicted octanol–water partition coefficient (Wildman–Crippen LogP) is 0.0599. The molecule has 6 nitrogen and oxygen atoms in total. The van der Waals surface area contributed by atoms with Gasteiger partial charge in [0.15, 0.2) is 0 Å². The van der Waals surface area contributed by atoms with Gasteiger partial charge in [-0.15, -0.1) is 0 Å². The van der Waals surface area contributed by atoms with Crippen LogP contribution < -0.4 is 5.32 Å². The fourth-order valence-electron chi connectivity index (χ4n) is 2.79. The fraction of sp³-hybridized carbons (Fsp3) is 0.571. The van der Waals surface area contributed by atoms with Gasteiger partial charge in [-0.1, -0.05) is 0 Å². The molecular formula is C14H19N3O3. The van der Waals surface area contributed by atoms with Gasteiger partial charge < -0.3 is 14.6 Å². The van der Waals surface area contributed by atoms with E-state index in [0.29, 0.717) is 13.0 Å². The summed E-state index contributed by atoms with van der Waals surface area (Å²) in [7, 11) is 0. The van der Waals surface area contributed by atoms with E-state index in [1.54, 1.807) is 6.26 Å². The summed E-state index contributed by atoms with van der Waals surface area (Å²) in [5.74, 6) is 0.885. The van der Waals surface area contributed by atoms with Crippen molar-refractivity contribution in [2.24, 2.45) is 5.92 Å². The highest BCUT2D eigenvalue weighted by Gasteiger charge is 2.32. The molecule has 0 bridgehead atoms. The van der Waals surface area contributed by atoms with E-state index in [-0.39, 0.29) is 17.7 Å². The topological polar surface area (TPSA) is 65.8 Å². The molecule has 2 amide bonds. The first kappa shape index (κ1) is 13.2. The molecule has 1 atom stereocenters. The first-order chi connectivity index (χ1) is 9.72. The second-order valence-electron chi connectivity index (χ2n) is 5.39. The van der Waals surface area contributed by atoms with E-state index in [0.717, 1.165) is 38.5 Å². The van der Waals surface area contributed by atoms with Crippen molar-refractivity contribution in [2.75, 3.05) is 32.7 Å². The Bertz CT molecular complexity index is 478. The molecule has 2 saturated heterocycles. The SMILES string of the molecule is O=C1CC(C(=O)N2CCN(Cc3ccco3)CC2)CN1. The number of hydrogen-bond acceptors (Lipinski definition) is 4. The predicted molar refractivity (Wildman–Crippen MR) is 71.7 cm³/mol. The molecule has 2 aliphatic heterocycles. The summed E-state index contributed by atoms with van der Waals surface area (Å²) in [5, 5.41) is 2.72. The van der Waals surface area contributed by atoms with Crippen LogP contribution in [0, 0.1) is 5.92 Å². The molecule has 0 radical (unpaired) electrons. The van der Waals surface area contributed by atoms with Crippen molar-refractivity contribution in [1.29, 1.82) is 0 Å². The summed E-state index contributed by atoms with van der Waals surface area (Å²) in [5.41, 5.74) is 0. The number of rotatable bonds is 3. The van der Waals surface area contributed by atoms with Crippen molar-refractivity contribution >= 4 is 11.8 Å². The lowest BCUT2D eigenvalue weighted by molar-refractivity contribution is -0.137. The minimum absolute atomic E-state index is 0.0141. The van der Waals surface area contributed by atoms with E-state index in [1.807, 2.05) is 17.0 Å². The molecule has 1 aromatic rings. The van der Waals surface area contributed by atoms with Gasteiger partial charge in [-0.3, -0.25) is 14.5 Å². The molecule has 2 aliphatic rings. The Hall–Kier alpha value is -1.82. The van der Waals surface area contributed by atoms with Crippen LogP contribution in [0.1, 0.15) is 12.2 Å². The van der Waals surface area contributed by atoms with Crippen molar-refractivity contribution in [2.45, 2.75) is 13.0 Å². The monoisotopic (exact) mass is 277 g/mol. The molecule has 1 unspecified atom stereocenters. The van der Waals surface area contributed by atoms with Gasteiger partial charge in [-0.2, -0.15) is 0 Å². The maximum Gasteiger partial charge on any atom is 0.228 e. The zero-order chi connectivity index (χ0) is 13.9. The Morgan fingerprint density at radius 3 is 2.75 bits per heavy atom. The average Bonchev–Trinajstić information content (AvgIpc) is 3.10. The van der Waals surface area contributed by atoms with Crippen LogP contribution in [-0.2, 0) is 16.1 Å². The first-order valence-corrected chi connectivity index (χ1v) is 7.02. The van der Waals surface area contributed by atoms with Gasteiger partial charge in [-0.25, -0.2) is 0 Å². The van der Waals surface area contributed by atoms with Crippen LogP contribution in [0.15, 0.2) is 22.8 Å². The Balaban J connectivity index is 1.48. The van der Waals surface area contributed by atoms with Crippen LogP contribution >= 0.6 is 0 Å². The molecule has 6 heteroatoms. The third-order valence-corrected chi connectivity index (χ3v) is 3.97. The van der Waals surface area contributed by atoms with E-state index in [2.05, 4.69) is 10.2 Å². The smallest absolute Gasteiger partial charge is 0.228 e. The maximum absolute atomic E-state index is 12.3. The number of furan rings is 1. The molecule has 0 saturated carbocycles. The number of nitrogens with one attached hydrogen (secondary N) is 1. The van der Waals surface area contributed by atoms with Crippen LogP contribution in [0.5, 0.6) is 0 Å². The number of amides is 2. The van der Waals surface area contributed by atoms with E-state index in [4.69, 9.17) is 4.42 Å². The minimum atomic E-state index is -0.167. The summed E-state index contributed by atoms with van der Waals surface area (Å²) < 4.78 is 5.34. The summed E-state index contributed by atoms with van der Waals surface area (Å²) in [6.07, 6.45) is 2.02. The molecular weight excluding hydrogens is 258 g/mol. The number of piperazine rings is 1. The molecule has 3 rings (SSSR count). The highest BCUT2D eigenvalue weighted by atomic mass is 16.3. The highest BCUT2D eigenvalue weighted by Crippen LogP contribution is 2.15. The molecule has 2 fully saturated rings. The molecule has 108 valence electrons. The molecule has 0 spiro atoms. The first-order valence-electron chi connectivity index (χ1n) is 7.02. The summed E-state index contributed by atoms with van der Waals surface area (Å²) in [6, 6.07) is 3.85. The zero-order valence-electron chi connectivity index (χ0n) is 11.4. The van der Waals surface area contributed by atoms with Gasteiger partial charge >= 0.3 is 0 Å². The van der Waals surface area contributed by atoms with Crippen molar-refractivity contribution in [3.8, 4) is 0 Å². The van der Waals surface area contributed by atoms with Crippen LogP contribution in [0.25, 0.3) is 0 Å². The average molecular weight is 277 g/mol. The Labute approximate surface area is 117 Å². The van der Waals surface area contributed by atoms with Crippen LogP contribution in [0.4, 0.5) is 0 Å². The second kappa shape index (κ2) is 5.66. The summed E-state index contributed by atoms with van der Waals surface area (Å²) in [4.78, 5) is 27.6. The minimum Gasteiger partial charge on any atom is -0.468 e. The number of nitrogens with zero attached hydrogens (tertiary/aromatic N) is 2. The third kappa shape index (κ3) is 2.85. The van der Waals surface area contributed by atoms with Gasteiger partial charge in [0, 0.05) is 39.1 Å². The Morgan fingerprint density at radius 1 is 1.35 bits per heavy atom. The van der Waals surface area contributed by atoms with Gasteiger partial charge in [0.2, 0.25) is 11.8 Å². The Morgan fingerprint density at radius 2 is 2.15 bits per heavy atom. The summed E-state index contributed by atoms with van der Waals surface area (Å²) in [6.45, 7) is 4.43. The standard InChI is InChI=1S/C14H19N3O3/c18-13-8-11(9-15-13)14(19)17-5-3-16(4-6-17)10-12-2-1-7-20-12/h1-2,7,11H,3-6,8-10H2,(H,15,18).